The lowest BCUT2D eigenvalue weighted by Gasteiger charge is -2.06. The van der Waals surface area contributed by atoms with Gasteiger partial charge in [-0.3, -0.25) is 0 Å². The molecule has 1 heterocycles. The van der Waals surface area contributed by atoms with Gasteiger partial charge in [0.25, 0.3) is 0 Å². The first-order valence-electron chi connectivity index (χ1n) is 5.04. The van der Waals surface area contributed by atoms with Crippen molar-refractivity contribution in [2.45, 2.75) is 13.5 Å². The van der Waals surface area contributed by atoms with Crippen molar-refractivity contribution in [1.82, 2.24) is 4.98 Å². The molecular formula is C13H12ClNO. The van der Waals surface area contributed by atoms with Gasteiger partial charge in [-0.15, -0.1) is 0 Å². The van der Waals surface area contributed by atoms with Crippen molar-refractivity contribution >= 4 is 11.6 Å². The summed E-state index contributed by atoms with van der Waals surface area (Å²) in [5.74, 6) is 0.728. The van der Waals surface area contributed by atoms with E-state index in [1.54, 1.807) is 12.3 Å². The second-order valence-corrected chi connectivity index (χ2v) is 3.98. The van der Waals surface area contributed by atoms with Crippen LogP contribution in [0.15, 0.2) is 42.6 Å². The van der Waals surface area contributed by atoms with E-state index in [2.05, 4.69) is 24.0 Å². The predicted molar refractivity (Wildman–Crippen MR) is 64.8 cm³/mol. The summed E-state index contributed by atoms with van der Waals surface area (Å²) in [4.78, 5) is 3.95. The molecule has 1 aromatic carbocycles. The minimum Gasteiger partial charge on any atom is -0.487 e. The van der Waals surface area contributed by atoms with Crippen molar-refractivity contribution in [1.29, 1.82) is 0 Å². The summed E-state index contributed by atoms with van der Waals surface area (Å²) in [7, 11) is 0. The van der Waals surface area contributed by atoms with Gasteiger partial charge in [0.05, 0.1) is 6.20 Å². The van der Waals surface area contributed by atoms with Crippen molar-refractivity contribution in [2.75, 3.05) is 0 Å². The van der Waals surface area contributed by atoms with Crippen LogP contribution in [-0.4, -0.2) is 4.98 Å². The van der Waals surface area contributed by atoms with Crippen molar-refractivity contribution in [3.8, 4) is 5.75 Å². The number of nitrogens with zero attached hydrogens (tertiary/aromatic N) is 1. The number of aromatic nitrogens is 1. The molecule has 3 heteroatoms. The Morgan fingerprint density at radius 1 is 1.25 bits per heavy atom. The van der Waals surface area contributed by atoms with Gasteiger partial charge in [0.15, 0.2) is 0 Å². The molecule has 2 rings (SSSR count). The van der Waals surface area contributed by atoms with Crippen molar-refractivity contribution in [3.63, 3.8) is 0 Å². The van der Waals surface area contributed by atoms with Crippen molar-refractivity contribution in [2.24, 2.45) is 0 Å². The monoisotopic (exact) mass is 233 g/mol. The molecule has 1 aromatic heterocycles. The molecule has 0 bridgehead atoms. The van der Waals surface area contributed by atoms with Crippen LogP contribution in [0.4, 0.5) is 0 Å². The van der Waals surface area contributed by atoms with Crippen LogP contribution in [-0.2, 0) is 6.61 Å². The number of hydrogen-bond donors (Lipinski definition) is 0. The van der Waals surface area contributed by atoms with Gasteiger partial charge in [-0.2, -0.15) is 0 Å². The zero-order chi connectivity index (χ0) is 11.4. The lowest BCUT2D eigenvalue weighted by molar-refractivity contribution is 0.305. The van der Waals surface area contributed by atoms with Crippen LogP contribution in [0.3, 0.4) is 0 Å². The fourth-order valence-electron chi connectivity index (χ4n) is 1.42. The maximum Gasteiger partial charge on any atom is 0.138 e. The van der Waals surface area contributed by atoms with E-state index >= 15 is 0 Å². The molecule has 2 nitrogen and oxygen atoms in total. The molecule has 0 atom stereocenters. The Hall–Kier alpha value is -1.54. The molecule has 0 N–H and O–H groups in total. The van der Waals surface area contributed by atoms with Gasteiger partial charge < -0.3 is 4.74 Å². The van der Waals surface area contributed by atoms with Gasteiger partial charge in [-0.1, -0.05) is 41.4 Å². The van der Waals surface area contributed by atoms with Crippen molar-refractivity contribution < 1.29 is 4.74 Å². The lowest BCUT2D eigenvalue weighted by atomic mass is 10.1. The highest BCUT2D eigenvalue weighted by Gasteiger charge is 1.97. The lowest BCUT2D eigenvalue weighted by Crippen LogP contribution is -1.95. The number of halogens is 1. The molecule has 0 fully saturated rings. The van der Waals surface area contributed by atoms with E-state index in [1.807, 2.05) is 18.2 Å². The van der Waals surface area contributed by atoms with Crippen LogP contribution < -0.4 is 4.74 Å². The Balaban J connectivity index is 1.99. The third-order valence-electron chi connectivity index (χ3n) is 2.19. The Morgan fingerprint density at radius 2 is 2.12 bits per heavy atom. The van der Waals surface area contributed by atoms with Gasteiger partial charge >= 0.3 is 0 Å². The standard InChI is InChI=1S/C13H12ClNO/c1-10-3-2-4-11(7-10)9-16-12-5-6-13(14)15-8-12/h2-8H,9H2,1H3. The van der Waals surface area contributed by atoms with E-state index in [4.69, 9.17) is 16.3 Å². The van der Waals surface area contributed by atoms with Crippen LogP contribution in [0.5, 0.6) is 5.75 Å². The fraction of sp³-hybridized carbons (Fsp3) is 0.154. The molecule has 2 aromatic rings. The topological polar surface area (TPSA) is 22.1 Å². The Bertz CT molecular complexity index is 468. The first kappa shape index (κ1) is 11.0. The molecule has 0 aliphatic heterocycles. The highest BCUT2D eigenvalue weighted by Crippen LogP contribution is 2.14. The highest BCUT2D eigenvalue weighted by molar-refractivity contribution is 6.29. The van der Waals surface area contributed by atoms with Crippen LogP contribution in [0, 0.1) is 6.92 Å². The molecule has 0 aliphatic rings. The summed E-state index contributed by atoms with van der Waals surface area (Å²) in [6, 6.07) is 11.7. The number of pyridine rings is 1. The molecule has 0 saturated heterocycles. The maximum absolute atomic E-state index is 5.68. The van der Waals surface area contributed by atoms with E-state index in [-0.39, 0.29) is 0 Å². The van der Waals surface area contributed by atoms with Crippen LogP contribution in [0.25, 0.3) is 0 Å². The second kappa shape index (κ2) is 4.99. The summed E-state index contributed by atoms with van der Waals surface area (Å²) >= 11 is 5.68. The summed E-state index contributed by atoms with van der Waals surface area (Å²) in [6.07, 6.45) is 1.62. The zero-order valence-electron chi connectivity index (χ0n) is 8.98. The van der Waals surface area contributed by atoms with Crippen molar-refractivity contribution in [3.05, 3.63) is 58.9 Å². The summed E-state index contributed by atoms with van der Waals surface area (Å²) in [5, 5.41) is 0.475. The minimum atomic E-state index is 0.475. The van der Waals surface area contributed by atoms with Crippen LogP contribution >= 0.6 is 11.6 Å². The van der Waals surface area contributed by atoms with E-state index < -0.39 is 0 Å². The molecule has 0 aliphatic carbocycles. The summed E-state index contributed by atoms with van der Waals surface area (Å²) in [6.45, 7) is 2.61. The molecule has 0 unspecified atom stereocenters. The number of rotatable bonds is 3. The van der Waals surface area contributed by atoms with E-state index in [0.717, 1.165) is 11.3 Å². The molecular weight excluding hydrogens is 222 g/mol. The smallest absolute Gasteiger partial charge is 0.138 e. The number of aryl methyl sites for hydroxylation is 1. The fourth-order valence-corrected chi connectivity index (χ4v) is 1.53. The highest BCUT2D eigenvalue weighted by atomic mass is 35.5. The number of ether oxygens (including phenoxy) is 1. The SMILES string of the molecule is Cc1cccc(COc2ccc(Cl)nc2)c1. The van der Waals surface area contributed by atoms with Gasteiger partial charge in [0, 0.05) is 0 Å². The van der Waals surface area contributed by atoms with Gasteiger partial charge in [-0.25, -0.2) is 4.98 Å². The van der Waals surface area contributed by atoms with Gasteiger partial charge in [0.2, 0.25) is 0 Å². The third-order valence-corrected chi connectivity index (χ3v) is 2.41. The largest absolute Gasteiger partial charge is 0.487 e. The molecule has 0 radical (unpaired) electrons. The summed E-state index contributed by atoms with van der Waals surface area (Å²) in [5.41, 5.74) is 2.38. The minimum absolute atomic E-state index is 0.475. The average Bonchev–Trinajstić information content (AvgIpc) is 2.28. The summed E-state index contributed by atoms with van der Waals surface area (Å²) < 4.78 is 5.58. The Morgan fingerprint density at radius 3 is 2.81 bits per heavy atom. The molecule has 0 amide bonds. The molecule has 82 valence electrons. The van der Waals surface area contributed by atoms with Crippen LogP contribution in [0.1, 0.15) is 11.1 Å². The third kappa shape index (κ3) is 2.97. The number of hydrogen-bond acceptors (Lipinski definition) is 2. The molecule has 0 saturated carbocycles. The average molecular weight is 234 g/mol. The van der Waals surface area contributed by atoms with E-state index in [0.29, 0.717) is 11.8 Å². The van der Waals surface area contributed by atoms with Crippen LogP contribution in [0.2, 0.25) is 5.15 Å². The first-order chi connectivity index (χ1) is 7.74. The van der Waals surface area contributed by atoms with E-state index in [9.17, 15) is 0 Å². The second-order valence-electron chi connectivity index (χ2n) is 3.59. The van der Waals surface area contributed by atoms with Gasteiger partial charge in [-0.05, 0) is 24.6 Å². The first-order valence-corrected chi connectivity index (χ1v) is 5.42. The molecule has 0 spiro atoms. The Labute approximate surface area is 99.9 Å². The molecule has 16 heavy (non-hydrogen) atoms. The normalized spacial score (nSPS) is 10.1. The zero-order valence-corrected chi connectivity index (χ0v) is 9.74. The Kier molecular flexibility index (Phi) is 3.42. The maximum atomic E-state index is 5.68. The number of benzene rings is 1. The van der Waals surface area contributed by atoms with Gasteiger partial charge in [0.1, 0.15) is 17.5 Å². The predicted octanol–water partition coefficient (Wildman–Crippen LogP) is 3.62. The van der Waals surface area contributed by atoms with E-state index in [1.165, 1.54) is 5.56 Å². The quantitative estimate of drug-likeness (QED) is 0.756.